The number of ether oxygens (including phenoxy) is 1. The van der Waals surface area contributed by atoms with Crippen molar-refractivity contribution in [2.45, 2.75) is 57.6 Å². The third kappa shape index (κ3) is 4.31. The van der Waals surface area contributed by atoms with Gasteiger partial charge in [-0.3, -0.25) is 9.59 Å². The number of halogens is 1. The Morgan fingerprint density at radius 3 is 2.33 bits per heavy atom. The van der Waals surface area contributed by atoms with Crippen LogP contribution in [0.3, 0.4) is 0 Å². The maximum atomic E-state index is 11.9. The predicted molar refractivity (Wildman–Crippen MR) is 89.4 cm³/mol. The first-order chi connectivity index (χ1) is 9.96. The van der Waals surface area contributed by atoms with Gasteiger partial charge in [0.05, 0.1) is 12.7 Å². The van der Waals surface area contributed by atoms with E-state index < -0.39 is 6.04 Å². The maximum absolute atomic E-state index is 11.9. The fourth-order valence-electron chi connectivity index (χ4n) is 3.63. The van der Waals surface area contributed by atoms with E-state index in [1.54, 1.807) is 29.6 Å². The minimum absolute atomic E-state index is 0.211. The van der Waals surface area contributed by atoms with Crippen LogP contribution in [-0.2, 0) is 9.53 Å². The minimum Gasteiger partial charge on any atom is -0.375 e. The van der Waals surface area contributed by atoms with Gasteiger partial charge in [0.1, 0.15) is 6.04 Å². The largest absolute Gasteiger partial charge is 0.375 e. The van der Waals surface area contributed by atoms with E-state index in [1.165, 1.54) is 38.5 Å². The van der Waals surface area contributed by atoms with Gasteiger partial charge >= 0.3 is 0 Å². The molecule has 3 aliphatic carbocycles. The molecule has 0 radical (unpaired) electrons. The summed E-state index contributed by atoms with van der Waals surface area (Å²) in [6.07, 6.45) is 7.37. The van der Waals surface area contributed by atoms with Crippen LogP contribution in [0.25, 0.3) is 0 Å². The van der Waals surface area contributed by atoms with Crippen LogP contribution < -0.4 is 10.6 Å². The predicted octanol–water partition coefficient (Wildman–Crippen LogP) is 2.62. The van der Waals surface area contributed by atoms with Gasteiger partial charge in [0.25, 0.3) is 3.91 Å². The minimum atomic E-state index is -0.629. The van der Waals surface area contributed by atoms with Crippen molar-refractivity contribution in [2.75, 3.05) is 13.7 Å². The van der Waals surface area contributed by atoms with Gasteiger partial charge in [0, 0.05) is 29.6 Å². The highest BCUT2D eigenvalue weighted by molar-refractivity contribution is 14.1. The van der Waals surface area contributed by atoms with Gasteiger partial charge in [-0.2, -0.15) is 0 Å². The van der Waals surface area contributed by atoms with E-state index in [4.69, 9.17) is 4.74 Å². The zero-order valence-electron chi connectivity index (χ0n) is 12.8. The number of rotatable bonds is 6. The van der Waals surface area contributed by atoms with Crippen LogP contribution in [0.15, 0.2) is 0 Å². The molecule has 3 rings (SSSR count). The highest BCUT2D eigenvalue weighted by Crippen LogP contribution is 2.50. The molecule has 5 nitrogen and oxygen atoms in total. The molecule has 2 N–H and O–H groups in total. The Kier molecular flexibility index (Phi) is 5.88. The number of carbonyl (C=O) groups excluding carboxylic acids is 2. The number of carbonyl (C=O) groups is 2. The molecule has 6 heteroatoms. The standard InChI is InChI=1S/C15H25IN2O3/c1-10(12(13(19)17-2)18-14(16)20)21-9-15-6-3-11(4-7-15)5-8-15/h10-12H,3-9H2,1-2H3,(H,17,19)(H,18,20). The van der Waals surface area contributed by atoms with E-state index in [9.17, 15) is 9.59 Å². The second-order valence-electron chi connectivity index (χ2n) is 6.51. The molecule has 2 atom stereocenters. The van der Waals surface area contributed by atoms with Gasteiger partial charge in [0.15, 0.2) is 0 Å². The Morgan fingerprint density at radius 2 is 1.86 bits per heavy atom. The highest BCUT2D eigenvalue weighted by Gasteiger charge is 2.41. The topological polar surface area (TPSA) is 67.4 Å². The van der Waals surface area contributed by atoms with Crippen molar-refractivity contribution in [1.82, 2.24) is 10.6 Å². The molecule has 3 fully saturated rings. The molecular formula is C15H25IN2O3. The molecule has 21 heavy (non-hydrogen) atoms. The number of hydrogen-bond donors (Lipinski definition) is 2. The molecule has 2 unspecified atom stereocenters. The summed E-state index contributed by atoms with van der Waals surface area (Å²) in [5.41, 5.74) is 0.310. The second-order valence-corrected chi connectivity index (χ2v) is 7.49. The van der Waals surface area contributed by atoms with Crippen LogP contribution in [0.1, 0.15) is 45.4 Å². The van der Waals surface area contributed by atoms with Crippen molar-refractivity contribution < 1.29 is 14.3 Å². The summed E-state index contributed by atoms with van der Waals surface area (Å²) in [7, 11) is 1.57. The quantitative estimate of drug-likeness (QED) is 0.404. The summed E-state index contributed by atoms with van der Waals surface area (Å²) in [5.74, 6) is 0.721. The van der Waals surface area contributed by atoms with Gasteiger partial charge in [-0.15, -0.1) is 0 Å². The molecule has 0 aromatic rings. The van der Waals surface area contributed by atoms with Gasteiger partial charge in [-0.25, -0.2) is 0 Å². The summed E-state index contributed by atoms with van der Waals surface area (Å²) in [4.78, 5) is 23.1. The lowest BCUT2D eigenvalue weighted by Crippen LogP contribution is -2.52. The van der Waals surface area contributed by atoms with Crippen molar-refractivity contribution in [3.63, 3.8) is 0 Å². The van der Waals surface area contributed by atoms with Crippen molar-refractivity contribution in [3.8, 4) is 0 Å². The molecule has 2 amide bonds. The van der Waals surface area contributed by atoms with Crippen LogP contribution in [-0.4, -0.2) is 35.6 Å². The number of fused-ring (bicyclic) bond motifs is 3. The lowest BCUT2D eigenvalue weighted by molar-refractivity contribution is -0.128. The highest BCUT2D eigenvalue weighted by atomic mass is 127. The summed E-state index contributed by atoms with van der Waals surface area (Å²) in [5, 5.41) is 5.25. The van der Waals surface area contributed by atoms with Gasteiger partial charge < -0.3 is 15.4 Å². The monoisotopic (exact) mass is 408 g/mol. The average molecular weight is 408 g/mol. The van der Waals surface area contributed by atoms with Crippen LogP contribution in [0.2, 0.25) is 0 Å². The third-order valence-electron chi connectivity index (χ3n) is 5.17. The van der Waals surface area contributed by atoms with E-state index >= 15 is 0 Å². The van der Waals surface area contributed by atoms with Gasteiger partial charge in [-0.1, -0.05) is 0 Å². The first-order valence-corrected chi connectivity index (χ1v) is 8.83. The molecule has 2 bridgehead atoms. The lowest BCUT2D eigenvalue weighted by Gasteiger charge is -2.46. The van der Waals surface area contributed by atoms with Crippen molar-refractivity contribution in [3.05, 3.63) is 0 Å². The van der Waals surface area contributed by atoms with E-state index in [1.807, 2.05) is 6.92 Å². The summed E-state index contributed by atoms with van der Waals surface area (Å²) >= 11 is 1.64. The average Bonchev–Trinajstić information content (AvgIpc) is 2.51. The van der Waals surface area contributed by atoms with Crippen LogP contribution >= 0.6 is 22.6 Å². The molecule has 0 heterocycles. The molecule has 0 saturated heterocycles. The Labute approximate surface area is 140 Å². The Morgan fingerprint density at radius 1 is 1.29 bits per heavy atom. The van der Waals surface area contributed by atoms with E-state index in [-0.39, 0.29) is 15.9 Å². The van der Waals surface area contributed by atoms with Gasteiger partial charge in [0.2, 0.25) is 5.91 Å². The number of amides is 2. The van der Waals surface area contributed by atoms with Crippen LogP contribution in [0.5, 0.6) is 0 Å². The Bertz CT molecular complexity index is 381. The first-order valence-electron chi connectivity index (χ1n) is 7.75. The van der Waals surface area contributed by atoms with E-state index in [0.717, 1.165) is 5.92 Å². The van der Waals surface area contributed by atoms with Crippen LogP contribution in [0.4, 0.5) is 4.79 Å². The molecule has 3 aliphatic rings. The zero-order valence-corrected chi connectivity index (χ0v) is 14.9. The molecular weight excluding hydrogens is 383 g/mol. The Hall–Kier alpha value is -0.370. The normalized spacial score (nSPS) is 30.5. The SMILES string of the molecule is CNC(=O)C(NC(=O)I)C(C)OCC12CCC(CC1)CC2. The van der Waals surface area contributed by atoms with Crippen molar-refractivity contribution in [2.24, 2.45) is 11.3 Å². The van der Waals surface area contributed by atoms with Gasteiger partial charge in [-0.05, 0) is 56.8 Å². The smallest absolute Gasteiger partial charge is 0.281 e. The van der Waals surface area contributed by atoms with Crippen molar-refractivity contribution in [1.29, 1.82) is 0 Å². The summed E-state index contributed by atoms with van der Waals surface area (Å²) < 4.78 is 5.76. The number of hydrogen-bond acceptors (Lipinski definition) is 3. The lowest BCUT2D eigenvalue weighted by atomic mass is 9.61. The molecule has 3 saturated carbocycles. The molecule has 0 aromatic heterocycles. The molecule has 0 aromatic carbocycles. The second kappa shape index (κ2) is 7.26. The Balaban J connectivity index is 1.90. The first kappa shape index (κ1) is 17.0. The summed E-state index contributed by atoms with van der Waals surface area (Å²) in [6.45, 7) is 2.56. The zero-order chi connectivity index (χ0) is 15.5. The fourth-order valence-corrected chi connectivity index (χ4v) is 3.97. The number of nitrogens with one attached hydrogen (secondary N) is 2. The van der Waals surface area contributed by atoms with E-state index in [0.29, 0.717) is 12.0 Å². The van der Waals surface area contributed by atoms with E-state index in [2.05, 4.69) is 10.6 Å². The fraction of sp³-hybridized carbons (Fsp3) is 0.867. The molecule has 0 spiro atoms. The maximum Gasteiger partial charge on any atom is 0.281 e. The number of likely N-dealkylation sites (N-methyl/N-ethyl adjacent to an activating group) is 1. The van der Waals surface area contributed by atoms with Crippen LogP contribution in [0, 0.1) is 11.3 Å². The molecule has 0 aliphatic heterocycles. The third-order valence-corrected chi connectivity index (χ3v) is 5.48. The molecule has 120 valence electrons. The van der Waals surface area contributed by atoms with Crippen molar-refractivity contribution >= 4 is 32.4 Å². The summed E-state index contributed by atoms with van der Waals surface area (Å²) in [6, 6.07) is -0.629.